The number of benzene rings is 2. The molecule has 1 amide bonds. The minimum absolute atomic E-state index is 0.226. The van der Waals surface area contributed by atoms with Gasteiger partial charge in [-0.2, -0.15) is 0 Å². The number of carbonyl (C=O) groups is 1. The van der Waals surface area contributed by atoms with E-state index in [1.165, 1.54) is 9.08 Å². The quantitative estimate of drug-likeness (QED) is 0.520. The van der Waals surface area contributed by atoms with Gasteiger partial charge in [-0.15, -0.1) is 5.10 Å². The van der Waals surface area contributed by atoms with Gasteiger partial charge in [0.05, 0.1) is 27.8 Å². The normalized spacial score (nSPS) is 12.0. The van der Waals surface area contributed by atoms with Crippen molar-refractivity contribution in [3.8, 4) is 0 Å². The smallest absolute Gasteiger partial charge is 0.322 e. The van der Waals surface area contributed by atoms with Crippen LogP contribution in [0.1, 0.15) is 22.8 Å². The number of nitrogens with one attached hydrogen (secondary N) is 1. The molecule has 1 atom stereocenters. The second kappa shape index (κ2) is 8.46. The molecule has 1 unspecified atom stereocenters. The lowest BCUT2D eigenvalue weighted by Gasteiger charge is -2.10. The molecule has 0 spiro atoms. The highest BCUT2D eigenvalue weighted by atomic mass is 32.2. The zero-order chi connectivity index (χ0) is 21.1. The van der Waals surface area contributed by atoms with Crippen molar-refractivity contribution in [3.05, 3.63) is 94.5 Å². The number of aromatic nitrogens is 3. The van der Waals surface area contributed by atoms with Gasteiger partial charge in [-0.1, -0.05) is 37.3 Å². The number of hydrogen-bond acceptors (Lipinski definition) is 4. The second-order valence-electron chi connectivity index (χ2n) is 6.65. The van der Waals surface area contributed by atoms with Crippen molar-refractivity contribution in [3.63, 3.8) is 0 Å². The Balaban J connectivity index is 1.57. The lowest BCUT2D eigenvalue weighted by atomic mass is 10.1. The maximum absolute atomic E-state index is 12.8. The van der Waals surface area contributed by atoms with Crippen molar-refractivity contribution in [2.75, 3.05) is 11.1 Å². The molecule has 0 aliphatic rings. The fourth-order valence-electron chi connectivity index (χ4n) is 3.20. The zero-order valence-corrected chi connectivity index (χ0v) is 17.1. The van der Waals surface area contributed by atoms with Crippen LogP contribution in [0, 0.1) is 0 Å². The summed E-state index contributed by atoms with van der Waals surface area (Å²) in [5, 5.41) is 7.19. The first-order valence-electron chi connectivity index (χ1n) is 9.48. The Bertz CT molecular complexity index is 1310. The van der Waals surface area contributed by atoms with E-state index in [9.17, 15) is 13.8 Å². The highest BCUT2D eigenvalue weighted by molar-refractivity contribution is 7.85. The molecular formula is C22H20N4O3S. The molecule has 2 heterocycles. The highest BCUT2D eigenvalue weighted by Crippen LogP contribution is 2.17. The molecule has 0 saturated carbocycles. The predicted molar refractivity (Wildman–Crippen MR) is 116 cm³/mol. The minimum Gasteiger partial charge on any atom is -0.322 e. The molecule has 0 aliphatic heterocycles. The number of fused-ring (bicyclic) bond motifs is 1. The standard InChI is InChI=1S/C22H20N4O3S/c1-2-30(29)19-11-4-3-10-18(19)21(27)23-17-9-7-8-16(14-17)15-26-22(28)25-13-6-5-12-20(25)24-26/h3-14H,2,15H2,1H3,(H,23,27). The molecule has 30 heavy (non-hydrogen) atoms. The Labute approximate surface area is 175 Å². The summed E-state index contributed by atoms with van der Waals surface area (Å²) in [5.74, 6) is 0.113. The van der Waals surface area contributed by atoms with Gasteiger partial charge in [0, 0.05) is 17.6 Å². The molecule has 0 radical (unpaired) electrons. The molecule has 2 aromatic carbocycles. The maximum Gasteiger partial charge on any atom is 0.350 e. The van der Waals surface area contributed by atoms with Crippen LogP contribution in [0.15, 0.2) is 82.6 Å². The van der Waals surface area contributed by atoms with Gasteiger partial charge in [-0.3, -0.25) is 13.4 Å². The third-order valence-electron chi connectivity index (χ3n) is 4.64. The summed E-state index contributed by atoms with van der Waals surface area (Å²) in [6.45, 7) is 2.09. The van der Waals surface area contributed by atoms with Crippen molar-refractivity contribution in [2.24, 2.45) is 0 Å². The number of amides is 1. The molecule has 0 aliphatic carbocycles. The van der Waals surface area contributed by atoms with Crippen molar-refractivity contribution in [2.45, 2.75) is 18.4 Å². The number of hydrogen-bond donors (Lipinski definition) is 1. The van der Waals surface area contributed by atoms with Crippen LogP contribution in [0.25, 0.3) is 5.65 Å². The van der Waals surface area contributed by atoms with Crippen molar-refractivity contribution in [1.29, 1.82) is 0 Å². The molecule has 1 N–H and O–H groups in total. The summed E-state index contributed by atoms with van der Waals surface area (Å²) in [5.41, 5.74) is 2.15. The first-order valence-corrected chi connectivity index (χ1v) is 10.8. The monoisotopic (exact) mass is 420 g/mol. The molecule has 2 aromatic heterocycles. The van der Waals surface area contributed by atoms with Crippen LogP contribution in [-0.2, 0) is 17.3 Å². The maximum atomic E-state index is 12.8. The molecule has 4 aromatic rings. The molecule has 7 nitrogen and oxygen atoms in total. The van der Waals surface area contributed by atoms with Gasteiger partial charge in [0.15, 0.2) is 5.65 Å². The number of anilines is 1. The van der Waals surface area contributed by atoms with Crippen LogP contribution < -0.4 is 11.0 Å². The highest BCUT2D eigenvalue weighted by Gasteiger charge is 2.15. The van der Waals surface area contributed by atoms with Gasteiger partial charge in [0.25, 0.3) is 5.91 Å². The summed E-state index contributed by atoms with van der Waals surface area (Å²) in [6, 6.07) is 19.5. The Morgan fingerprint density at radius 2 is 1.87 bits per heavy atom. The van der Waals surface area contributed by atoms with E-state index >= 15 is 0 Å². The van der Waals surface area contributed by atoms with Gasteiger partial charge in [-0.25, -0.2) is 9.48 Å². The molecular weight excluding hydrogens is 400 g/mol. The van der Waals surface area contributed by atoms with E-state index in [2.05, 4.69) is 10.4 Å². The number of pyridine rings is 1. The van der Waals surface area contributed by atoms with E-state index in [-0.39, 0.29) is 18.1 Å². The van der Waals surface area contributed by atoms with E-state index in [0.717, 1.165) is 5.56 Å². The van der Waals surface area contributed by atoms with Crippen molar-refractivity contribution >= 4 is 28.0 Å². The Kier molecular flexibility index (Phi) is 5.58. The van der Waals surface area contributed by atoms with E-state index in [4.69, 9.17) is 0 Å². The van der Waals surface area contributed by atoms with Gasteiger partial charge in [0.1, 0.15) is 0 Å². The van der Waals surface area contributed by atoms with Crippen LogP contribution in [0.5, 0.6) is 0 Å². The molecule has 152 valence electrons. The Morgan fingerprint density at radius 1 is 1.07 bits per heavy atom. The largest absolute Gasteiger partial charge is 0.350 e. The van der Waals surface area contributed by atoms with Gasteiger partial charge in [0.2, 0.25) is 0 Å². The zero-order valence-electron chi connectivity index (χ0n) is 16.3. The number of nitrogens with zero attached hydrogens (tertiary/aromatic N) is 3. The summed E-state index contributed by atoms with van der Waals surface area (Å²) in [4.78, 5) is 25.8. The predicted octanol–water partition coefficient (Wildman–Crippen LogP) is 2.92. The van der Waals surface area contributed by atoms with E-state index in [0.29, 0.717) is 27.5 Å². The van der Waals surface area contributed by atoms with E-state index < -0.39 is 10.8 Å². The average molecular weight is 420 g/mol. The van der Waals surface area contributed by atoms with Crippen LogP contribution in [0.2, 0.25) is 0 Å². The number of rotatable bonds is 6. The van der Waals surface area contributed by atoms with E-state index in [1.54, 1.807) is 54.7 Å². The Morgan fingerprint density at radius 3 is 2.67 bits per heavy atom. The van der Waals surface area contributed by atoms with Crippen molar-refractivity contribution in [1.82, 2.24) is 14.2 Å². The molecule has 0 bridgehead atoms. The summed E-state index contributed by atoms with van der Waals surface area (Å²) >= 11 is 0. The fourth-order valence-corrected chi connectivity index (χ4v) is 4.15. The molecule has 0 fully saturated rings. The minimum atomic E-state index is -1.23. The summed E-state index contributed by atoms with van der Waals surface area (Å²) < 4.78 is 15.1. The van der Waals surface area contributed by atoms with Gasteiger partial charge < -0.3 is 5.32 Å². The lowest BCUT2D eigenvalue weighted by Crippen LogP contribution is -2.21. The molecule has 4 rings (SSSR count). The van der Waals surface area contributed by atoms with Crippen LogP contribution in [-0.4, -0.2) is 30.1 Å². The average Bonchev–Trinajstić information content (AvgIpc) is 3.09. The second-order valence-corrected chi connectivity index (χ2v) is 8.36. The van der Waals surface area contributed by atoms with Gasteiger partial charge >= 0.3 is 5.69 Å². The Hall–Kier alpha value is -3.52. The first kappa shape index (κ1) is 19.8. The third kappa shape index (κ3) is 3.95. The SMILES string of the molecule is CCS(=O)c1ccccc1C(=O)Nc1cccc(Cn2nc3ccccn3c2=O)c1. The van der Waals surface area contributed by atoms with E-state index in [1.807, 2.05) is 25.1 Å². The first-order chi connectivity index (χ1) is 14.6. The topological polar surface area (TPSA) is 85.5 Å². The third-order valence-corrected chi connectivity index (χ3v) is 6.02. The lowest BCUT2D eigenvalue weighted by molar-refractivity contribution is 0.102. The summed E-state index contributed by atoms with van der Waals surface area (Å²) in [6.07, 6.45) is 1.68. The van der Waals surface area contributed by atoms with Gasteiger partial charge in [-0.05, 0) is 42.0 Å². The van der Waals surface area contributed by atoms with Crippen LogP contribution in [0.4, 0.5) is 5.69 Å². The van der Waals surface area contributed by atoms with Crippen LogP contribution in [0.3, 0.4) is 0 Å². The fraction of sp³-hybridized carbons (Fsp3) is 0.136. The molecule has 8 heteroatoms. The number of carbonyl (C=O) groups excluding carboxylic acids is 1. The van der Waals surface area contributed by atoms with Crippen molar-refractivity contribution < 1.29 is 9.00 Å². The van der Waals surface area contributed by atoms with Crippen LogP contribution >= 0.6 is 0 Å². The summed E-state index contributed by atoms with van der Waals surface area (Å²) in [7, 11) is -1.23. The molecule has 0 saturated heterocycles.